The lowest BCUT2D eigenvalue weighted by atomic mass is 10.3. The molecular weight excluding hydrogens is 294 g/mol. The molecule has 0 saturated heterocycles. The van der Waals surface area contributed by atoms with E-state index in [-0.39, 0.29) is 5.75 Å². The highest BCUT2D eigenvalue weighted by molar-refractivity contribution is 7.92. The molecule has 0 spiro atoms. The van der Waals surface area contributed by atoms with Gasteiger partial charge < -0.3 is 5.32 Å². The molecule has 0 saturated carbocycles. The van der Waals surface area contributed by atoms with Crippen molar-refractivity contribution < 1.29 is 8.42 Å². The Morgan fingerprint density at radius 3 is 2.95 bits per heavy atom. The Balaban J connectivity index is 1.90. The second-order valence-corrected chi connectivity index (χ2v) is 7.29. The van der Waals surface area contributed by atoms with E-state index < -0.39 is 10.0 Å². The number of thiazole rings is 1. The number of hydrogen-bond donors (Lipinski definition) is 2. The fourth-order valence-electron chi connectivity index (χ4n) is 1.84. The Morgan fingerprint density at radius 2 is 2.15 bits per heavy atom. The van der Waals surface area contributed by atoms with Gasteiger partial charge >= 0.3 is 0 Å². The maximum absolute atomic E-state index is 12.0. The molecule has 1 aromatic heterocycles. The van der Waals surface area contributed by atoms with Gasteiger partial charge in [0.05, 0.1) is 27.2 Å². The van der Waals surface area contributed by atoms with Crippen LogP contribution in [0.2, 0.25) is 0 Å². The SMILES string of the molecule is CCCNCCCS(=O)(=O)Nc1ccc2ncsc2c1. The normalized spacial score (nSPS) is 11.8. The fraction of sp³-hybridized carbons (Fsp3) is 0.462. The zero-order chi connectivity index (χ0) is 14.4. The summed E-state index contributed by atoms with van der Waals surface area (Å²) in [6.07, 6.45) is 1.66. The molecule has 0 aliphatic heterocycles. The first kappa shape index (κ1) is 15.2. The van der Waals surface area contributed by atoms with Gasteiger partial charge in [-0.2, -0.15) is 0 Å². The van der Waals surface area contributed by atoms with Crippen molar-refractivity contribution >= 4 is 37.3 Å². The first-order valence-corrected chi connectivity index (χ1v) is 9.18. The lowest BCUT2D eigenvalue weighted by molar-refractivity contribution is 0.593. The van der Waals surface area contributed by atoms with Crippen molar-refractivity contribution in [3.05, 3.63) is 23.7 Å². The average molecular weight is 313 g/mol. The van der Waals surface area contributed by atoms with Crippen LogP contribution in [-0.4, -0.2) is 32.2 Å². The van der Waals surface area contributed by atoms with Crippen LogP contribution in [0.15, 0.2) is 23.7 Å². The quantitative estimate of drug-likeness (QED) is 0.734. The summed E-state index contributed by atoms with van der Waals surface area (Å²) in [5.74, 6) is 0.129. The van der Waals surface area contributed by atoms with Crippen molar-refractivity contribution in [1.82, 2.24) is 10.3 Å². The van der Waals surface area contributed by atoms with Crippen molar-refractivity contribution in [3.63, 3.8) is 0 Å². The Kier molecular flexibility index (Phi) is 5.33. The number of hydrogen-bond acceptors (Lipinski definition) is 5. The third-order valence-electron chi connectivity index (χ3n) is 2.80. The third-order valence-corrected chi connectivity index (χ3v) is 4.96. The van der Waals surface area contributed by atoms with Crippen LogP contribution in [0.4, 0.5) is 5.69 Å². The highest BCUT2D eigenvalue weighted by Crippen LogP contribution is 2.22. The molecule has 0 amide bonds. The first-order valence-electron chi connectivity index (χ1n) is 6.65. The summed E-state index contributed by atoms with van der Waals surface area (Å²) in [4.78, 5) is 4.17. The lowest BCUT2D eigenvalue weighted by Crippen LogP contribution is -2.22. The van der Waals surface area contributed by atoms with Crippen molar-refractivity contribution in [3.8, 4) is 0 Å². The van der Waals surface area contributed by atoms with E-state index in [1.165, 1.54) is 11.3 Å². The second-order valence-electron chi connectivity index (χ2n) is 4.56. The molecule has 2 aromatic rings. The van der Waals surface area contributed by atoms with Gasteiger partial charge in [-0.25, -0.2) is 13.4 Å². The van der Waals surface area contributed by atoms with E-state index in [9.17, 15) is 8.42 Å². The van der Waals surface area contributed by atoms with Gasteiger partial charge in [0, 0.05) is 0 Å². The molecule has 0 radical (unpaired) electrons. The number of benzene rings is 1. The van der Waals surface area contributed by atoms with E-state index >= 15 is 0 Å². The van der Waals surface area contributed by atoms with Crippen LogP contribution in [0.3, 0.4) is 0 Å². The Bertz CT molecular complexity index is 652. The zero-order valence-electron chi connectivity index (χ0n) is 11.4. The molecule has 2 rings (SSSR count). The van der Waals surface area contributed by atoms with Gasteiger partial charge in [0.15, 0.2) is 0 Å². The number of nitrogens with one attached hydrogen (secondary N) is 2. The van der Waals surface area contributed by atoms with Crippen molar-refractivity contribution in [2.75, 3.05) is 23.6 Å². The van der Waals surface area contributed by atoms with Crippen molar-refractivity contribution in [2.24, 2.45) is 0 Å². The smallest absolute Gasteiger partial charge is 0.232 e. The predicted molar refractivity (Wildman–Crippen MR) is 84.8 cm³/mol. The maximum Gasteiger partial charge on any atom is 0.232 e. The summed E-state index contributed by atoms with van der Waals surface area (Å²) < 4.78 is 27.5. The Morgan fingerprint density at radius 1 is 1.30 bits per heavy atom. The highest BCUT2D eigenvalue weighted by Gasteiger charge is 2.10. The van der Waals surface area contributed by atoms with Crippen LogP contribution in [-0.2, 0) is 10.0 Å². The van der Waals surface area contributed by atoms with Gasteiger partial charge in [-0.1, -0.05) is 6.92 Å². The molecule has 0 atom stereocenters. The monoisotopic (exact) mass is 313 g/mol. The van der Waals surface area contributed by atoms with E-state index in [2.05, 4.69) is 21.9 Å². The van der Waals surface area contributed by atoms with Crippen LogP contribution < -0.4 is 10.0 Å². The van der Waals surface area contributed by atoms with E-state index in [0.717, 1.165) is 29.7 Å². The Hall–Kier alpha value is -1.18. The largest absolute Gasteiger partial charge is 0.317 e. The molecule has 0 aliphatic carbocycles. The summed E-state index contributed by atoms with van der Waals surface area (Å²) in [6, 6.07) is 5.39. The summed E-state index contributed by atoms with van der Waals surface area (Å²) in [7, 11) is -3.28. The van der Waals surface area contributed by atoms with Gasteiger partial charge in [0.25, 0.3) is 0 Å². The summed E-state index contributed by atoms with van der Waals surface area (Å²) >= 11 is 1.50. The molecule has 0 fully saturated rings. The zero-order valence-corrected chi connectivity index (χ0v) is 13.1. The van der Waals surface area contributed by atoms with Gasteiger partial charge in [-0.15, -0.1) is 11.3 Å². The molecule has 0 bridgehead atoms. The van der Waals surface area contributed by atoms with Gasteiger partial charge in [-0.05, 0) is 44.1 Å². The summed E-state index contributed by atoms with van der Waals surface area (Å²) in [6.45, 7) is 3.74. The molecular formula is C13H19N3O2S2. The molecule has 2 N–H and O–H groups in total. The third kappa shape index (κ3) is 4.43. The first-order chi connectivity index (χ1) is 9.61. The van der Waals surface area contributed by atoms with E-state index in [4.69, 9.17) is 0 Å². The molecule has 0 unspecified atom stereocenters. The second kappa shape index (κ2) is 7.01. The molecule has 110 valence electrons. The minimum absolute atomic E-state index is 0.129. The van der Waals surface area contributed by atoms with Crippen LogP contribution in [0.25, 0.3) is 10.2 Å². The average Bonchev–Trinajstić information content (AvgIpc) is 2.85. The molecule has 7 heteroatoms. The molecule has 20 heavy (non-hydrogen) atoms. The predicted octanol–water partition coefficient (Wildman–Crippen LogP) is 2.43. The summed E-state index contributed by atoms with van der Waals surface area (Å²) in [5, 5.41) is 3.19. The van der Waals surface area contributed by atoms with Crippen molar-refractivity contribution in [1.29, 1.82) is 0 Å². The number of aromatic nitrogens is 1. The number of anilines is 1. The Labute approximate surface area is 123 Å². The van der Waals surface area contributed by atoms with Gasteiger partial charge in [0.1, 0.15) is 0 Å². The van der Waals surface area contributed by atoms with Crippen molar-refractivity contribution in [2.45, 2.75) is 19.8 Å². The van der Waals surface area contributed by atoms with Gasteiger partial charge in [0.2, 0.25) is 10.0 Å². The fourth-order valence-corrected chi connectivity index (χ4v) is 3.67. The molecule has 1 aromatic carbocycles. The molecule has 1 heterocycles. The van der Waals surface area contributed by atoms with E-state index in [0.29, 0.717) is 12.1 Å². The molecule has 0 aliphatic rings. The minimum atomic E-state index is -3.28. The molecule has 5 nitrogen and oxygen atoms in total. The minimum Gasteiger partial charge on any atom is -0.317 e. The van der Waals surface area contributed by atoms with Crippen LogP contribution in [0.1, 0.15) is 19.8 Å². The van der Waals surface area contributed by atoms with E-state index in [1.54, 1.807) is 11.6 Å². The van der Waals surface area contributed by atoms with Gasteiger partial charge in [-0.3, -0.25) is 4.72 Å². The number of sulfonamides is 1. The number of fused-ring (bicyclic) bond motifs is 1. The van der Waals surface area contributed by atoms with Crippen LogP contribution in [0.5, 0.6) is 0 Å². The number of nitrogens with zero attached hydrogens (tertiary/aromatic N) is 1. The number of rotatable bonds is 8. The maximum atomic E-state index is 12.0. The lowest BCUT2D eigenvalue weighted by Gasteiger charge is -2.08. The van der Waals surface area contributed by atoms with Crippen LogP contribution >= 0.6 is 11.3 Å². The standard InChI is InChI=1S/C13H19N3O2S2/c1-2-6-14-7-3-8-20(17,18)16-11-4-5-12-13(9-11)19-10-15-12/h4-5,9-10,14,16H,2-3,6-8H2,1H3. The highest BCUT2D eigenvalue weighted by atomic mass is 32.2. The summed E-state index contributed by atoms with van der Waals surface area (Å²) in [5.41, 5.74) is 3.24. The topological polar surface area (TPSA) is 71.1 Å². The van der Waals surface area contributed by atoms with Crippen LogP contribution in [0, 0.1) is 0 Å². The van der Waals surface area contributed by atoms with E-state index in [1.807, 2.05) is 12.1 Å².